The zero-order chi connectivity index (χ0) is 37.0. The van der Waals surface area contributed by atoms with E-state index in [2.05, 4.69) is 15.8 Å². The number of nitrogens with one attached hydrogen (secondary N) is 2. The van der Waals surface area contributed by atoms with E-state index < -0.39 is 55.4 Å². The third-order valence-electron chi connectivity index (χ3n) is 8.14. The number of esters is 1. The number of benzene rings is 5. The van der Waals surface area contributed by atoms with Crippen molar-refractivity contribution in [3.63, 3.8) is 0 Å². The molecule has 260 valence electrons. The normalized spacial score (nSPS) is 14.4. The Morgan fingerprint density at radius 3 is 2.15 bits per heavy atom. The highest BCUT2D eigenvalue weighted by atomic mass is 32.2. The van der Waals surface area contributed by atoms with Gasteiger partial charge < -0.3 is 10.1 Å². The third-order valence-corrected chi connectivity index (χ3v) is 9.11. The van der Waals surface area contributed by atoms with Crippen LogP contribution in [0.1, 0.15) is 37.9 Å². The minimum Gasteiger partial charge on any atom is -0.453 e. The summed E-state index contributed by atoms with van der Waals surface area (Å²) in [5, 5.41) is 23.5. The first-order chi connectivity index (χ1) is 24.9. The van der Waals surface area contributed by atoms with E-state index in [-0.39, 0.29) is 39.3 Å². The number of ether oxygens (including phenoxy) is 1. The van der Waals surface area contributed by atoms with E-state index in [0.29, 0.717) is 11.1 Å². The van der Waals surface area contributed by atoms with Gasteiger partial charge in [0.2, 0.25) is 15.8 Å². The highest BCUT2D eigenvalue weighted by Gasteiger charge is 2.46. The number of anilines is 1. The number of hydrazone groups is 1. The molecule has 2 unspecified atom stereocenters. The lowest BCUT2D eigenvalue weighted by Crippen LogP contribution is -2.40. The summed E-state index contributed by atoms with van der Waals surface area (Å²) in [5.41, 5.74) is 3.13. The fourth-order valence-corrected chi connectivity index (χ4v) is 6.54. The van der Waals surface area contributed by atoms with Crippen LogP contribution in [0.3, 0.4) is 0 Å². The Hall–Kier alpha value is -6.84. The van der Waals surface area contributed by atoms with Gasteiger partial charge in [-0.3, -0.25) is 24.5 Å². The van der Waals surface area contributed by atoms with Crippen LogP contribution in [0.2, 0.25) is 0 Å². The van der Waals surface area contributed by atoms with Crippen LogP contribution in [0.15, 0.2) is 137 Å². The molecule has 52 heavy (non-hydrogen) atoms. The minimum atomic E-state index is -4.36. The van der Waals surface area contributed by atoms with Gasteiger partial charge in [-0.05, 0) is 35.4 Å². The van der Waals surface area contributed by atoms with E-state index >= 15 is 0 Å². The highest BCUT2D eigenvalue weighted by molar-refractivity contribution is 7.89. The van der Waals surface area contributed by atoms with Gasteiger partial charge in [-0.1, -0.05) is 91.0 Å². The van der Waals surface area contributed by atoms with E-state index in [0.717, 1.165) is 12.1 Å². The number of carbonyl (C=O) groups excluding carboxylic acids is 4. The van der Waals surface area contributed by atoms with Crippen molar-refractivity contribution in [3.05, 3.63) is 160 Å². The lowest BCUT2D eigenvalue weighted by Gasteiger charge is -2.25. The monoisotopic (exact) mass is 717 g/mol. The number of nitrogens with zero attached hydrogens (tertiary/aromatic N) is 2. The zero-order valence-corrected chi connectivity index (χ0v) is 27.6. The number of nitro benzene ring substituents is 1. The van der Waals surface area contributed by atoms with Crippen LogP contribution in [0.4, 0.5) is 11.4 Å². The number of amides is 2. The molecular formula is C37H27N5O9S. The van der Waals surface area contributed by atoms with E-state index in [1.54, 1.807) is 72.8 Å². The number of hydrogen-bond acceptors (Lipinski definition) is 10. The van der Waals surface area contributed by atoms with Crippen LogP contribution in [-0.2, 0) is 24.3 Å². The van der Waals surface area contributed by atoms with Crippen molar-refractivity contribution in [3.8, 4) is 11.1 Å². The molecule has 0 saturated carbocycles. The maximum absolute atomic E-state index is 14.5. The molecule has 0 bridgehead atoms. The van der Waals surface area contributed by atoms with Crippen LogP contribution >= 0.6 is 0 Å². The molecule has 6 rings (SSSR count). The molecule has 1 aliphatic heterocycles. The SMILES string of the molecule is NS(=O)(=O)c1ccccc1C(=O)N/N=C(/c1ccccc1-c1ccccc1)C(C(=O)C(=O)Nc1cccc([N+](=O)[O-])c1)C1OC(=O)c2ccccc21. The van der Waals surface area contributed by atoms with E-state index in [4.69, 9.17) is 9.88 Å². The second kappa shape index (κ2) is 14.6. The Kier molecular flexibility index (Phi) is 9.80. The maximum atomic E-state index is 14.5. The van der Waals surface area contributed by atoms with Gasteiger partial charge in [0.1, 0.15) is 12.0 Å². The molecule has 1 heterocycles. The Morgan fingerprint density at radius 1 is 0.808 bits per heavy atom. The molecular weight excluding hydrogens is 691 g/mol. The van der Waals surface area contributed by atoms with Gasteiger partial charge in [0.05, 0.1) is 26.7 Å². The van der Waals surface area contributed by atoms with Crippen LogP contribution in [0.5, 0.6) is 0 Å². The summed E-state index contributed by atoms with van der Waals surface area (Å²) < 4.78 is 30.4. The van der Waals surface area contributed by atoms with Crippen molar-refractivity contribution >= 4 is 50.7 Å². The number of sulfonamides is 1. The first-order valence-corrected chi connectivity index (χ1v) is 17.0. The number of nitro groups is 1. The van der Waals surface area contributed by atoms with Crippen molar-refractivity contribution in [2.45, 2.75) is 11.0 Å². The number of ketones is 1. The molecule has 4 N–H and O–H groups in total. The quantitative estimate of drug-likeness (QED) is 0.0562. The molecule has 0 fully saturated rings. The summed E-state index contributed by atoms with van der Waals surface area (Å²) in [7, 11) is -4.36. The molecule has 1 aliphatic rings. The first-order valence-electron chi connectivity index (χ1n) is 15.5. The van der Waals surface area contributed by atoms with Gasteiger partial charge in [-0.2, -0.15) is 5.10 Å². The van der Waals surface area contributed by atoms with Crippen molar-refractivity contribution in [2.24, 2.45) is 16.2 Å². The second-order valence-electron chi connectivity index (χ2n) is 11.4. The molecule has 0 aromatic heterocycles. The van der Waals surface area contributed by atoms with E-state index in [9.17, 15) is 37.7 Å². The van der Waals surface area contributed by atoms with Gasteiger partial charge in [-0.25, -0.2) is 23.8 Å². The summed E-state index contributed by atoms with van der Waals surface area (Å²) in [6.07, 6.45) is -1.44. The second-order valence-corrected chi connectivity index (χ2v) is 12.9. The van der Waals surface area contributed by atoms with Crippen molar-refractivity contribution in [2.75, 3.05) is 5.32 Å². The van der Waals surface area contributed by atoms with Crippen LogP contribution in [0.25, 0.3) is 11.1 Å². The van der Waals surface area contributed by atoms with E-state index in [1.807, 2.05) is 0 Å². The Labute approximate surface area is 296 Å². The Bertz CT molecular complexity index is 2400. The van der Waals surface area contributed by atoms with Crippen molar-refractivity contribution in [1.82, 2.24) is 5.43 Å². The smallest absolute Gasteiger partial charge is 0.339 e. The van der Waals surface area contributed by atoms with Gasteiger partial charge >= 0.3 is 5.97 Å². The highest BCUT2D eigenvalue weighted by Crippen LogP contribution is 2.40. The summed E-state index contributed by atoms with van der Waals surface area (Å²) in [6, 6.07) is 31.9. The Morgan fingerprint density at radius 2 is 1.44 bits per heavy atom. The van der Waals surface area contributed by atoms with Gasteiger partial charge in [0, 0.05) is 28.9 Å². The van der Waals surface area contributed by atoms with Gasteiger partial charge in [-0.15, -0.1) is 0 Å². The van der Waals surface area contributed by atoms with Crippen LogP contribution in [-0.4, -0.2) is 42.6 Å². The fraction of sp³-hybridized carbons (Fsp3) is 0.0541. The van der Waals surface area contributed by atoms with Crippen molar-refractivity contribution < 1.29 is 37.3 Å². The Balaban J connectivity index is 1.54. The average Bonchev–Trinajstić information content (AvgIpc) is 3.48. The number of fused-ring (bicyclic) bond motifs is 1. The number of cyclic esters (lactones) is 1. The van der Waals surface area contributed by atoms with Crippen LogP contribution < -0.4 is 15.9 Å². The number of hydrogen-bond donors (Lipinski definition) is 3. The molecule has 0 radical (unpaired) electrons. The summed E-state index contributed by atoms with van der Waals surface area (Å²) >= 11 is 0. The first kappa shape index (κ1) is 35.0. The summed E-state index contributed by atoms with van der Waals surface area (Å²) in [6.45, 7) is 0. The predicted octanol–water partition coefficient (Wildman–Crippen LogP) is 4.78. The third kappa shape index (κ3) is 7.21. The van der Waals surface area contributed by atoms with Crippen LogP contribution in [0, 0.1) is 16.0 Å². The molecule has 15 heteroatoms. The standard InChI is InChI=1S/C37H27N5O9S/c38-52(49,50)30-20-9-8-19-29(30)35(44)41-40-32(26-16-5-4-15-25(26)22-11-2-1-3-12-22)31(34-27-17-6-7-18-28(27)37(46)51-34)33(43)36(45)39-23-13-10-14-24(21-23)42(47)48/h1-21,31,34H,(H,39,45)(H,41,44)(H2,38,49,50)/b40-32-. The molecule has 5 aromatic carbocycles. The molecule has 0 saturated heterocycles. The summed E-state index contributed by atoms with van der Waals surface area (Å²) in [4.78, 5) is 65.2. The molecule has 5 aromatic rings. The number of primary sulfonamides is 1. The van der Waals surface area contributed by atoms with E-state index in [1.165, 1.54) is 42.5 Å². The van der Waals surface area contributed by atoms with Gasteiger partial charge in [0.25, 0.3) is 17.5 Å². The fourth-order valence-electron chi connectivity index (χ4n) is 5.80. The zero-order valence-electron chi connectivity index (χ0n) is 26.8. The number of nitrogens with two attached hydrogens (primary N) is 1. The molecule has 2 amide bonds. The number of carbonyl (C=O) groups is 4. The van der Waals surface area contributed by atoms with Gasteiger partial charge in [0.15, 0.2) is 0 Å². The number of rotatable bonds is 11. The molecule has 2 atom stereocenters. The maximum Gasteiger partial charge on any atom is 0.339 e. The topological polar surface area (TPSA) is 217 Å². The van der Waals surface area contributed by atoms with Crippen molar-refractivity contribution in [1.29, 1.82) is 0 Å². The largest absolute Gasteiger partial charge is 0.453 e. The lowest BCUT2D eigenvalue weighted by molar-refractivity contribution is -0.384. The molecule has 14 nitrogen and oxygen atoms in total. The molecule has 0 spiro atoms. The number of Topliss-reactive ketones (excluding diaryl/α,β-unsaturated/α-hetero) is 1. The lowest BCUT2D eigenvalue weighted by atomic mass is 9.82. The minimum absolute atomic E-state index is 0.0637. The summed E-state index contributed by atoms with van der Waals surface area (Å²) in [5.74, 6) is -5.94. The number of non-ortho nitro benzene ring substituents is 1. The molecule has 0 aliphatic carbocycles. The predicted molar refractivity (Wildman–Crippen MR) is 189 cm³/mol. The average molecular weight is 718 g/mol.